The topological polar surface area (TPSA) is 42.7 Å². The van der Waals surface area contributed by atoms with Crippen molar-refractivity contribution in [2.45, 2.75) is 6.54 Å². The van der Waals surface area contributed by atoms with Gasteiger partial charge in [-0.15, -0.1) is 0 Å². The molecule has 0 atom stereocenters. The molecule has 0 fully saturated rings. The number of nitrogens with one attached hydrogen (secondary N) is 1. The van der Waals surface area contributed by atoms with E-state index in [1.807, 2.05) is 13.2 Å². The smallest absolute Gasteiger partial charge is 0.166 e. The van der Waals surface area contributed by atoms with E-state index in [9.17, 15) is 4.39 Å². The Labute approximate surface area is 97.1 Å². The Balaban J connectivity index is 2.04. The zero-order valence-corrected chi connectivity index (χ0v) is 9.37. The third-order valence-corrected chi connectivity index (χ3v) is 2.23. The molecule has 0 aliphatic heterocycles. The van der Waals surface area contributed by atoms with E-state index in [1.165, 1.54) is 12.3 Å². The third kappa shape index (κ3) is 2.49. The number of anilines is 1. The van der Waals surface area contributed by atoms with E-state index in [4.69, 9.17) is 11.6 Å². The molecule has 0 amide bonds. The molecule has 0 saturated heterocycles. The molecule has 2 aromatic rings. The molecule has 4 nitrogen and oxygen atoms in total. The predicted molar refractivity (Wildman–Crippen MR) is 59.7 cm³/mol. The van der Waals surface area contributed by atoms with Gasteiger partial charge in [-0.2, -0.15) is 5.10 Å². The largest absolute Gasteiger partial charge is 0.363 e. The summed E-state index contributed by atoms with van der Waals surface area (Å²) in [5, 5.41) is 7.16. The van der Waals surface area contributed by atoms with Crippen molar-refractivity contribution < 1.29 is 4.39 Å². The van der Waals surface area contributed by atoms with Crippen LogP contribution in [0.15, 0.2) is 24.7 Å². The van der Waals surface area contributed by atoms with Gasteiger partial charge in [0.15, 0.2) is 11.6 Å². The van der Waals surface area contributed by atoms with Gasteiger partial charge in [0.25, 0.3) is 0 Å². The predicted octanol–water partition coefficient (Wildman–Crippen LogP) is 2.22. The lowest BCUT2D eigenvalue weighted by molar-refractivity contribution is 0.624. The fourth-order valence-corrected chi connectivity index (χ4v) is 1.44. The first kappa shape index (κ1) is 10.9. The van der Waals surface area contributed by atoms with Gasteiger partial charge in [-0.1, -0.05) is 11.6 Å². The molecule has 0 aliphatic carbocycles. The van der Waals surface area contributed by atoms with Crippen LogP contribution >= 0.6 is 11.6 Å². The first-order valence-corrected chi connectivity index (χ1v) is 5.05. The van der Waals surface area contributed by atoms with Crippen LogP contribution in [-0.4, -0.2) is 14.8 Å². The summed E-state index contributed by atoms with van der Waals surface area (Å²) in [5.41, 5.74) is 0.957. The molecule has 0 saturated carbocycles. The molecule has 0 bridgehead atoms. The summed E-state index contributed by atoms with van der Waals surface area (Å²) in [4.78, 5) is 3.85. The van der Waals surface area contributed by atoms with E-state index >= 15 is 0 Å². The Morgan fingerprint density at radius 1 is 1.50 bits per heavy atom. The summed E-state index contributed by atoms with van der Waals surface area (Å²) >= 11 is 5.59. The van der Waals surface area contributed by atoms with Crippen LogP contribution in [0.2, 0.25) is 5.02 Å². The van der Waals surface area contributed by atoms with E-state index in [2.05, 4.69) is 15.4 Å². The number of rotatable bonds is 3. The average molecular weight is 241 g/mol. The molecule has 2 heterocycles. The Kier molecular flexibility index (Phi) is 3.05. The molecule has 6 heteroatoms. The fourth-order valence-electron chi connectivity index (χ4n) is 1.29. The Bertz CT molecular complexity index is 497. The summed E-state index contributed by atoms with van der Waals surface area (Å²) in [6.45, 7) is 0.472. The standard InChI is InChI=1S/C10H10ClFN4/c1-16-6-7(4-15-16)3-13-10-9(12)2-8(11)5-14-10/h2,4-6H,3H2,1H3,(H,13,14). The number of aryl methyl sites for hydroxylation is 1. The lowest BCUT2D eigenvalue weighted by Gasteiger charge is -2.04. The SMILES string of the molecule is Cn1cc(CNc2ncc(Cl)cc2F)cn1. The molecule has 84 valence electrons. The lowest BCUT2D eigenvalue weighted by Crippen LogP contribution is -2.02. The van der Waals surface area contributed by atoms with Gasteiger partial charge in [0.2, 0.25) is 0 Å². The van der Waals surface area contributed by atoms with Gasteiger partial charge in [-0.3, -0.25) is 4.68 Å². The van der Waals surface area contributed by atoms with Gasteiger partial charge < -0.3 is 5.32 Å². The van der Waals surface area contributed by atoms with Crippen molar-refractivity contribution in [1.29, 1.82) is 0 Å². The number of nitrogens with zero attached hydrogens (tertiary/aromatic N) is 3. The average Bonchev–Trinajstić information content (AvgIpc) is 2.63. The van der Waals surface area contributed by atoms with Crippen LogP contribution < -0.4 is 5.32 Å². The Hall–Kier alpha value is -1.62. The first-order chi connectivity index (χ1) is 7.65. The summed E-state index contributed by atoms with van der Waals surface area (Å²) in [6.07, 6.45) is 4.96. The molecular weight excluding hydrogens is 231 g/mol. The number of hydrogen-bond donors (Lipinski definition) is 1. The molecule has 2 rings (SSSR count). The van der Waals surface area contributed by atoms with Gasteiger partial charge in [0.05, 0.1) is 11.2 Å². The molecule has 0 radical (unpaired) electrons. The number of halogens is 2. The fraction of sp³-hybridized carbons (Fsp3) is 0.200. The Morgan fingerprint density at radius 2 is 2.31 bits per heavy atom. The van der Waals surface area contributed by atoms with E-state index < -0.39 is 5.82 Å². The maximum atomic E-state index is 13.3. The van der Waals surface area contributed by atoms with Gasteiger partial charge in [0.1, 0.15) is 0 Å². The summed E-state index contributed by atoms with van der Waals surface area (Å²) in [7, 11) is 1.82. The monoisotopic (exact) mass is 240 g/mol. The highest BCUT2D eigenvalue weighted by atomic mass is 35.5. The lowest BCUT2D eigenvalue weighted by atomic mass is 10.3. The van der Waals surface area contributed by atoms with Crippen molar-refractivity contribution in [2.75, 3.05) is 5.32 Å². The molecular formula is C10H10ClFN4. The second kappa shape index (κ2) is 4.49. The van der Waals surface area contributed by atoms with E-state index in [0.29, 0.717) is 6.54 Å². The third-order valence-electron chi connectivity index (χ3n) is 2.03. The van der Waals surface area contributed by atoms with Crippen LogP contribution in [0.3, 0.4) is 0 Å². The van der Waals surface area contributed by atoms with Crippen molar-refractivity contribution in [1.82, 2.24) is 14.8 Å². The normalized spacial score (nSPS) is 10.4. The number of pyridine rings is 1. The van der Waals surface area contributed by atoms with Crippen LogP contribution in [0, 0.1) is 5.82 Å². The maximum Gasteiger partial charge on any atom is 0.166 e. The molecule has 0 aromatic carbocycles. The van der Waals surface area contributed by atoms with Crippen molar-refractivity contribution in [3.8, 4) is 0 Å². The molecule has 0 spiro atoms. The zero-order valence-electron chi connectivity index (χ0n) is 8.61. The van der Waals surface area contributed by atoms with Crippen LogP contribution in [-0.2, 0) is 13.6 Å². The van der Waals surface area contributed by atoms with Crippen molar-refractivity contribution in [3.05, 3.63) is 41.1 Å². The molecule has 1 N–H and O–H groups in total. The highest BCUT2D eigenvalue weighted by Gasteiger charge is 2.04. The molecule has 16 heavy (non-hydrogen) atoms. The highest BCUT2D eigenvalue weighted by molar-refractivity contribution is 6.30. The minimum Gasteiger partial charge on any atom is -0.363 e. The van der Waals surface area contributed by atoms with E-state index in [-0.39, 0.29) is 10.8 Å². The zero-order chi connectivity index (χ0) is 11.5. The Morgan fingerprint density at radius 3 is 2.94 bits per heavy atom. The van der Waals surface area contributed by atoms with Crippen LogP contribution in [0.5, 0.6) is 0 Å². The summed E-state index contributed by atoms with van der Waals surface area (Å²) in [5.74, 6) is -0.273. The van der Waals surface area contributed by atoms with Gasteiger partial charge in [0, 0.05) is 31.5 Å². The van der Waals surface area contributed by atoms with Crippen molar-refractivity contribution in [2.24, 2.45) is 7.05 Å². The molecule has 0 aliphatic rings. The number of aromatic nitrogens is 3. The van der Waals surface area contributed by atoms with Crippen LogP contribution in [0.25, 0.3) is 0 Å². The van der Waals surface area contributed by atoms with Gasteiger partial charge >= 0.3 is 0 Å². The molecule has 2 aromatic heterocycles. The van der Waals surface area contributed by atoms with Crippen molar-refractivity contribution in [3.63, 3.8) is 0 Å². The van der Waals surface area contributed by atoms with E-state index in [1.54, 1.807) is 10.9 Å². The minimum atomic E-state index is -0.462. The van der Waals surface area contributed by atoms with Gasteiger partial charge in [-0.05, 0) is 6.07 Å². The minimum absolute atomic E-state index is 0.188. The second-order valence-corrected chi connectivity index (χ2v) is 3.80. The van der Waals surface area contributed by atoms with Crippen molar-refractivity contribution >= 4 is 17.4 Å². The van der Waals surface area contributed by atoms with Gasteiger partial charge in [-0.25, -0.2) is 9.37 Å². The first-order valence-electron chi connectivity index (χ1n) is 4.67. The summed E-state index contributed by atoms with van der Waals surface area (Å²) in [6, 6.07) is 1.22. The van der Waals surface area contributed by atoms with E-state index in [0.717, 1.165) is 5.56 Å². The maximum absolute atomic E-state index is 13.3. The second-order valence-electron chi connectivity index (χ2n) is 3.36. The number of hydrogen-bond acceptors (Lipinski definition) is 3. The molecule has 0 unspecified atom stereocenters. The highest BCUT2D eigenvalue weighted by Crippen LogP contribution is 2.16. The van der Waals surface area contributed by atoms with Crippen LogP contribution in [0.1, 0.15) is 5.56 Å². The quantitative estimate of drug-likeness (QED) is 0.895. The van der Waals surface area contributed by atoms with Crippen LogP contribution in [0.4, 0.5) is 10.2 Å². The summed E-state index contributed by atoms with van der Waals surface area (Å²) < 4.78 is 15.0.